The maximum atomic E-state index is 5.49. The van der Waals surface area contributed by atoms with Crippen LogP contribution >= 0.6 is 0 Å². The summed E-state index contributed by atoms with van der Waals surface area (Å²) in [6, 6.07) is 0. The molecule has 0 saturated carbocycles. The molecule has 0 bridgehead atoms. The third-order valence-corrected chi connectivity index (χ3v) is 2.18. The Morgan fingerprint density at radius 3 is 2.06 bits per heavy atom. The number of hydrazine groups is 1. The summed E-state index contributed by atoms with van der Waals surface area (Å²) >= 11 is 0. The number of nitrogens with two attached hydrogens (primary N) is 1. The van der Waals surface area contributed by atoms with Crippen molar-refractivity contribution in [3.63, 3.8) is 0 Å². The summed E-state index contributed by atoms with van der Waals surface area (Å²) in [5.74, 6) is 6.69. The largest absolute Gasteiger partial charge is 0.350 e. The van der Waals surface area contributed by atoms with E-state index in [4.69, 9.17) is 5.84 Å². The lowest BCUT2D eigenvalue weighted by molar-refractivity contribution is 0.265. The molecule has 0 spiro atoms. The lowest BCUT2D eigenvalue weighted by atomic mass is 9.82. The SMILES string of the molecule is CC(C)CN=C(NN)NC(C)(C)CC(C)(C)C. The number of nitrogens with zero attached hydrogens (tertiary/aromatic N) is 1. The highest BCUT2D eigenvalue weighted by Gasteiger charge is 2.26. The summed E-state index contributed by atoms with van der Waals surface area (Å²) < 4.78 is 0. The highest BCUT2D eigenvalue weighted by Crippen LogP contribution is 2.26. The quantitative estimate of drug-likeness (QED) is 0.307. The van der Waals surface area contributed by atoms with E-state index in [-0.39, 0.29) is 11.0 Å². The van der Waals surface area contributed by atoms with E-state index in [1.807, 2.05) is 0 Å². The van der Waals surface area contributed by atoms with E-state index < -0.39 is 0 Å². The molecule has 0 aliphatic heterocycles. The van der Waals surface area contributed by atoms with Crippen LogP contribution in [0.25, 0.3) is 0 Å². The normalized spacial score (nSPS) is 14.1. The van der Waals surface area contributed by atoms with Gasteiger partial charge in [-0.1, -0.05) is 34.6 Å². The minimum atomic E-state index is -0.0273. The molecule has 0 heterocycles. The molecule has 102 valence electrons. The number of nitrogens with one attached hydrogen (secondary N) is 2. The van der Waals surface area contributed by atoms with Crippen LogP contribution in [0.3, 0.4) is 0 Å². The first-order valence-corrected chi connectivity index (χ1v) is 6.35. The number of aliphatic imine (C=N–C) groups is 1. The minimum absolute atomic E-state index is 0.0273. The zero-order valence-corrected chi connectivity index (χ0v) is 12.5. The van der Waals surface area contributed by atoms with Gasteiger partial charge in [-0.25, -0.2) is 5.84 Å². The Morgan fingerprint density at radius 1 is 1.18 bits per heavy atom. The molecule has 0 rings (SSSR count). The zero-order chi connectivity index (χ0) is 13.7. The van der Waals surface area contributed by atoms with Gasteiger partial charge in [0.25, 0.3) is 0 Å². The molecule has 4 heteroatoms. The fourth-order valence-electron chi connectivity index (χ4n) is 2.09. The van der Waals surface area contributed by atoms with Crippen LogP contribution in [-0.4, -0.2) is 18.0 Å². The molecule has 4 N–H and O–H groups in total. The third-order valence-electron chi connectivity index (χ3n) is 2.18. The van der Waals surface area contributed by atoms with Crippen molar-refractivity contribution >= 4 is 5.96 Å². The van der Waals surface area contributed by atoms with Gasteiger partial charge in [0.05, 0.1) is 0 Å². The van der Waals surface area contributed by atoms with Crippen molar-refractivity contribution in [3.8, 4) is 0 Å². The predicted octanol–water partition coefficient (Wildman–Crippen LogP) is 2.27. The van der Waals surface area contributed by atoms with E-state index in [0.29, 0.717) is 11.9 Å². The van der Waals surface area contributed by atoms with Crippen molar-refractivity contribution in [3.05, 3.63) is 0 Å². The van der Waals surface area contributed by atoms with Crippen molar-refractivity contribution in [2.75, 3.05) is 6.54 Å². The number of hydrogen-bond donors (Lipinski definition) is 3. The molecule has 0 amide bonds. The van der Waals surface area contributed by atoms with Crippen LogP contribution in [-0.2, 0) is 0 Å². The summed E-state index contributed by atoms with van der Waals surface area (Å²) in [7, 11) is 0. The third kappa shape index (κ3) is 8.98. The van der Waals surface area contributed by atoms with Crippen molar-refractivity contribution < 1.29 is 0 Å². The smallest absolute Gasteiger partial charge is 0.206 e. The molecular formula is C13H30N4. The number of hydrogen-bond acceptors (Lipinski definition) is 2. The summed E-state index contributed by atoms with van der Waals surface area (Å²) in [6.07, 6.45) is 1.04. The van der Waals surface area contributed by atoms with Crippen molar-refractivity contribution in [2.24, 2.45) is 22.2 Å². The first-order chi connectivity index (χ1) is 7.56. The van der Waals surface area contributed by atoms with Crippen molar-refractivity contribution in [1.82, 2.24) is 10.7 Å². The molecule has 0 saturated heterocycles. The lowest BCUT2D eigenvalue weighted by Crippen LogP contribution is -2.52. The Bertz CT molecular complexity index is 249. The molecule has 0 aromatic rings. The summed E-state index contributed by atoms with van der Waals surface area (Å²) in [6.45, 7) is 16.1. The molecular weight excluding hydrogens is 212 g/mol. The second kappa shape index (κ2) is 6.24. The van der Waals surface area contributed by atoms with E-state index >= 15 is 0 Å². The molecule has 17 heavy (non-hydrogen) atoms. The van der Waals surface area contributed by atoms with Gasteiger partial charge in [-0.15, -0.1) is 0 Å². The van der Waals surface area contributed by atoms with Crippen LogP contribution in [0.15, 0.2) is 4.99 Å². The maximum absolute atomic E-state index is 5.49. The van der Waals surface area contributed by atoms with Crippen LogP contribution in [0, 0.1) is 11.3 Å². The van der Waals surface area contributed by atoms with Gasteiger partial charge in [0.15, 0.2) is 0 Å². The van der Waals surface area contributed by atoms with E-state index in [0.717, 1.165) is 13.0 Å². The second-order valence-corrected chi connectivity index (χ2v) is 6.97. The molecule has 0 aliphatic carbocycles. The van der Waals surface area contributed by atoms with Gasteiger partial charge in [-0.3, -0.25) is 10.4 Å². The molecule has 0 aromatic carbocycles. The van der Waals surface area contributed by atoms with E-state index in [2.05, 4.69) is 64.2 Å². The fourth-order valence-corrected chi connectivity index (χ4v) is 2.09. The van der Waals surface area contributed by atoms with Crippen LogP contribution < -0.4 is 16.6 Å². The molecule has 4 nitrogen and oxygen atoms in total. The Morgan fingerprint density at radius 2 is 1.71 bits per heavy atom. The number of guanidine groups is 1. The topological polar surface area (TPSA) is 62.4 Å². The Kier molecular flexibility index (Phi) is 5.96. The summed E-state index contributed by atoms with van der Waals surface area (Å²) in [5.41, 5.74) is 2.88. The lowest BCUT2D eigenvalue weighted by Gasteiger charge is -2.34. The first-order valence-electron chi connectivity index (χ1n) is 6.35. The summed E-state index contributed by atoms with van der Waals surface area (Å²) in [5, 5.41) is 3.37. The monoisotopic (exact) mass is 242 g/mol. The van der Waals surface area contributed by atoms with E-state index in [9.17, 15) is 0 Å². The second-order valence-electron chi connectivity index (χ2n) is 6.97. The van der Waals surface area contributed by atoms with Gasteiger partial charge >= 0.3 is 0 Å². The Hall–Kier alpha value is -0.770. The Labute approximate surface area is 106 Å². The standard InChI is InChI=1S/C13H30N4/c1-10(2)8-15-11(17-14)16-13(6,7)9-12(3,4)5/h10H,8-9,14H2,1-7H3,(H2,15,16,17). The highest BCUT2D eigenvalue weighted by atomic mass is 15.3. The average Bonchev–Trinajstić information content (AvgIpc) is 2.07. The van der Waals surface area contributed by atoms with Crippen molar-refractivity contribution in [2.45, 2.75) is 60.4 Å². The Balaban J connectivity index is 4.50. The van der Waals surface area contributed by atoms with Gasteiger partial charge in [-0.2, -0.15) is 0 Å². The van der Waals surface area contributed by atoms with Crippen LogP contribution in [0.4, 0.5) is 0 Å². The molecule has 0 atom stereocenters. The van der Waals surface area contributed by atoms with E-state index in [1.165, 1.54) is 0 Å². The van der Waals surface area contributed by atoms with Gasteiger partial charge in [-0.05, 0) is 31.6 Å². The fraction of sp³-hybridized carbons (Fsp3) is 0.923. The van der Waals surface area contributed by atoms with Gasteiger partial charge in [0, 0.05) is 12.1 Å². The molecule has 0 radical (unpaired) electrons. The molecule has 0 unspecified atom stereocenters. The maximum Gasteiger partial charge on any atom is 0.206 e. The summed E-state index contributed by atoms with van der Waals surface area (Å²) in [4.78, 5) is 4.43. The van der Waals surface area contributed by atoms with Crippen LogP contribution in [0.2, 0.25) is 0 Å². The van der Waals surface area contributed by atoms with Gasteiger partial charge in [0.2, 0.25) is 5.96 Å². The van der Waals surface area contributed by atoms with Gasteiger partial charge < -0.3 is 5.32 Å². The highest BCUT2D eigenvalue weighted by molar-refractivity contribution is 5.79. The van der Waals surface area contributed by atoms with Crippen LogP contribution in [0.5, 0.6) is 0 Å². The molecule has 0 fully saturated rings. The van der Waals surface area contributed by atoms with Gasteiger partial charge in [0.1, 0.15) is 0 Å². The average molecular weight is 242 g/mol. The molecule has 0 aliphatic rings. The first kappa shape index (κ1) is 16.2. The number of rotatable bonds is 4. The molecule has 0 aromatic heterocycles. The van der Waals surface area contributed by atoms with Crippen molar-refractivity contribution in [1.29, 1.82) is 0 Å². The predicted molar refractivity (Wildman–Crippen MR) is 75.7 cm³/mol. The zero-order valence-electron chi connectivity index (χ0n) is 12.5. The van der Waals surface area contributed by atoms with E-state index in [1.54, 1.807) is 0 Å². The minimum Gasteiger partial charge on any atom is -0.350 e. The van der Waals surface area contributed by atoms with Crippen LogP contribution in [0.1, 0.15) is 54.9 Å².